The van der Waals surface area contributed by atoms with Gasteiger partial charge < -0.3 is 14.5 Å². The lowest BCUT2D eigenvalue weighted by Gasteiger charge is -2.39. The molecule has 1 aliphatic carbocycles. The zero-order chi connectivity index (χ0) is 18.9. The van der Waals surface area contributed by atoms with Crippen molar-refractivity contribution in [1.29, 1.82) is 0 Å². The molecule has 142 valence electrons. The molecule has 0 atom stereocenters. The third kappa shape index (κ3) is 4.23. The van der Waals surface area contributed by atoms with Crippen molar-refractivity contribution in [3.05, 3.63) is 28.4 Å². The minimum Gasteiger partial charge on any atom is -0.444 e. The molecule has 2 heterocycles. The largest absolute Gasteiger partial charge is 0.444 e. The van der Waals surface area contributed by atoms with Crippen molar-refractivity contribution in [2.24, 2.45) is 0 Å². The Kier molecular flexibility index (Phi) is 5.02. The van der Waals surface area contributed by atoms with E-state index in [1.54, 1.807) is 17.2 Å². The number of likely N-dealkylation sites (tertiary alicyclic amines) is 1. The van der Waals surface area contributed by atoms with E-state index in [0.29, 0.717) is 24.9 Å². The first-order chi connectivity index (χ1) is 12.3. The third-order valence-electron chi connectivity index (χ3n) is 4.66. The summed E-state index contributed by atoms with van der Waals surface area (Å²) in [6, 6.07) is 3.56. The number of carbonyl (C=O) groups excluding carboxylic acids is 1. The van der Waals surface area contributed by atoms with E-state index in [9.17, 15) is 14.9 Å². The Morgan fingerprint density at radius 1 is 1.27 bits per heavy atom. The van der Waals surface area contributed by atoms with Crippen molar-refractivity contribution in [3.63, 3.8) is 0 Å². The van der Waals surface area contributed by atoms with Gasteiger partial charge in [-0.3, -0.25) is 10.1 Å². The van der Waals surface area contributed by atoms with Gasteiger partial charge in [-0.25, -0.2) is 9.78 Å². The Hall–Kier alpha value is -2.38. The lowest BCUT2D eigenvalue weighted by atomic mass is 10.0. The van der Waals surface area contributed by atoms with Crippen molar-refractivity contribution >= 4 is 17.6 Å². The highest BCUT2D eigenvalue weighted by atomic mass is 16.6. The number of pyridine rings is 1. The van der Waals surface area contributed by atoms with Crippen LogP contribution < -0.4 is 4.90 Å². The summed E-state index contributed by atoms with van der Waals surface area (Å²) in [5.41, 5.74) is -0.461. The SMILES string of the molecule is CC(C)(C)OC(=O)N1CCC(N(c2ncccc2[N+](=O)[O-])C2CC2)CC1. The zero-order valence-corrected chi connectivity index (χ0v) is 15.6. The summed E-state index contributed by atoms with van der Waals surface area (Å²) >= 11 is 0. The van der Waals surface area contributed by atoms with E-state index in [4.69, 9.17) is 4.74 Å². The van der Waals surface area contributed by atoms with Crippen molar-refractivity contribution in [2.45, 2.75) is 64.1 Å². The molecule has 8 heteroatoms. The van der Waals surface area contributed by atoms with Crippen molar-refractivity contribution in [2.75, 3.05) is 18.0 Å². The molecule has 0 unspecified atom stereocenters. The predicted molar refractivity (Wildman–Crippen MR) is 97.2 cm³/mol. The van der Waals surface area contributed by atoms with Crippen LogP contribution in [0.3, 0.4) is 0 Å². The second kappa shape index (κ2) is 7.09. The van der Waals surface area contributed by atoms with E-state index in [1.165, 1.54) is 6.07 Å². The van der Waals surface area contributed by atoms with Crippen LogP contribution in [0.2, 0.25) is 0 Å². The van der Waals surface area contributed by atoms with E-state index < -0.39 is 5.60 Å². The normalized spacial score (nSPS) is 18.5. The molecule has 0 spiro atoms. The summed E-state index contributed by atoms with van der Waals surface area (Å²) in [5, 5.41) is 11.4. The smallest absolute Gasteiger partial charge is 0.410 e. The highest BCUT2D eigenvalue weighted by Gasteiger charge is 2.40. The predicted octanol–water partition coefficient (Wildman–Crippen LogP) is 3.36. The molecule has 0 N–H and O–H groups in total. The van der Waals surface area contributed by atoms with Crippen LogP contribution in [0.15, 0.2) is 18.3 Å². The van der Waals surface area contributed by atoms with Gasteiger partial charge in [-0.2, -0.15) is 0 Å². The van der Waals surface area contributed by atoms with Gasteiger partial charge >= 0.3 is 11.8 Å². The number of piperidine rings is 1. The summed E-state index contributed by atoms with van der Waals surface area (Å²) in [6.45, 7) is 6.74. The number of hydrogen-bond acceptors (Lipinski definition) is 6. The Morgan fingerprint density at radius 2 is 1.88 bits per heavy atom. The number of anilines is 1. The minimum atomic E-state index is -0.511. The lowest BCUT2D eigenvalue weighted by Crippen LogP contribution is -2.49. The molecule has 0 bridgehead atoms. The van der Waals surface area contributed by atoms with Crippen LogP contribution in [0.25, 0.3) is 0 Å². The van der Waals surface area contributed by atoms with Crippen LogP contribution in [0, 0.1) is 10.1 Å². The van der Waals surface area contributed by atoms with Gasteiger partial charge in [-0.1, -0.05) is 0 Å². The van der Waals surface area contributed by atoms with E-state index >= 15 is 0 Å². The summed E-state index contributed by atoms with van der Waals surface area (Å²) in [7, 11) is 0. The number of nitrogens with zero attached hydrogens (tertiary/aromatic N) is 4. The molecular weight excluding hydrogens is 336 g/mol. The van der Waals surface area contributed by atoms with Crippen molar-refractivity contribution in [3.8, 4) is 0 Å². The standard InChI is InChI=1S/C18H26N4O4/c1-18(2,3)26-17(23)20-11-8-14(9-12-20)21(13-6-7-13)16-15(22(24)25)5-4-10-19-16/h4-5,10,13-14H,6-9,11-12H2,1-3H3. The average Bonchev–Trinajstić information content (AvgIpc) is 3.39. The van der Waals surface area contributed by atoms with Gasteiger partial charge in [0.15, 0.2) is 0 Å². The Bertz CT molecular complexity index is 676. The molecule has 3 rings (SSSR count). The molecule has 2 fully saturated rings. The Labute approximate surface area is 153 Å². The first-order valence-electron chi connectivity index (χ1n) is 9.12. The van der Waals surface area contributed by atoms with Crippen molar-refractivity contribution in [1.82, 2.24) is 9.88 Å². The number of carbonyl (C=O) groups is 1. The average molecular weight is 362 g/mol. The van der Waals surface area contributed by atoms with E-state index in [1.807, 2.05) is 20.8 Å². The Morgan fingerprint density at radius 3 is 2.42 bits per heavy atom. The van der Waals surface area contributed by atoms with Crippen LogP contribution in [0.4, 0.5) is 16.3 Å². The summed E-state index contributed by atoms with van der Waals surface area (Å²) < 4.78 is 5.44. The number of aromatic nitrogens is 1. The van der Waals surface area contributed by atoms with Crippen LogP contribution in [-0.4, -0.2) is 51.7 Å². The maximum Gasteiger partial charge on any atom is 0.410 e. The summed E-state index contributed by atoms with van der Waals surface area (Å²) in [5.74, 6) is 0.454. The molecule has 8 nitrogen and oxygen atoms in total. The number of hydrogen-bond donors (Lipinski definition) is 0. The molecule has 1 aromatic rings. The van der Waals surface area contributed by atoms with Crippen molar-refractivity contribution < 1.29 is 14.5 Å². The quantitative estimate of drug-likeness (QED) is 0.603. The third-order valence-corrected chi connectivity index (χ3v) is 4.66. The molecule has 1 aromatic heterocycles. The molecule has 1 aliphatic heterocycles. The Balaban J connectivity index is 1.71. The monoisotopic (exact) mass is 362 g/mol. The van der Waals surface area contributed by atoms with E-state index in [2.05, 4.69) is 9.88 Å². The molecule has 2 aliphatic rings. The summed E-state index contributed by atoms with van der Waals surface area (Å²) in [4.78, 5) is 31.4. The van der Waals surface area contributed by atoms with Gasteiger partial charge in [0.1, 0.15) is 5.60 Å². The van der Waals surface area contributed by atoms with Crippen LogP contribution in [-0.2, 0) is 4.74 Å². The van der Waals surface area contributed by atoms with Crippen LogP contribution in [0.5, 0.6) is 0 Å². The highest BCUT2D eigenvalue weighted by molar-refractivity contribution is 5.68. The first kappa shape index (κ1) is 18.4. The van der Waals surface area contributed by atoms with E-state index in [-0.39, 0.29) is 22.7 Å². The second-order valence-corrected chi connectivity index (χ2v) is 7.94. The minimum absolute atomic E-state index is 0.0500. The van der Waals surface area contributed by atoms with Gasteiger partial charge in [0.05, 0.1) is 4.92 Å². The van der Waals surface area contributed by atoms with Gasteiger partial charge in [-0.15, -0.1) is 0 Å². The summed E-state index contributed by atoms with van der Waals surface area (Å²) in [6.07, 6.45) is 4.87. The second-order valence-electron chi connectivity index (χ2n) is 7.94. The van der Waals surface area contributed by atoms with Gasteiger partial charge in [0.25, 0.3) is 0 Å². The van der Waals surface area contributed by atoms with Gasteiger partial charge in [0, 0.05) is 37.4 Å². The first-order valence-corrected chi connectivity index (χ1v) is 9.12. The number of rotatable bonds is 4. The van der Waals surface area contributed by atoms with E-state index in [0.717, 1.165) is 25.7 Å². The molecule has 26 heavy (non-hydrogen) atoms. The zero-order valence-electron chi connectivity index (χ0n) is 15.6. The molecule has 0 aromatic carbocycles. The number of ether oxygens (including phenoxy) is 1. The fraction of sp³-hybridized carbons (Fsp3) is 0.667. The maximum atomic E-state index is 12.2. The molecule has 1 saturated carbocycles. The fourth-order valence-corrected chi connectivity index (χ4v) is 3.38. The molecule has 0 radical (unpaired) electrons. The lowest BCUT2D eigenvalue weighted by molar-refractivity contribution is -0.384. The fourth-order valence-electron chi connectivity index (χ4n) is 3.38. The van der Waals surface area contributed by atoms with Gasteiger partial charge in [0.2, 0.25) is 5.82 Å². The number of amides is 1. The maximum absolute atomic E-state index is 12.2. The molecule has 1 amide bonds. The topological polar surface area (TPSA) is 88.8 Å². The molecular formula is C18H26N4O4. The van der Waals surface area contributed by atoms with Crippen LogP contribution >= 0.6 is 0 Å². The molecule has 1 saturated heterocycles. The van der Waals surface area contributed by atoms with Crippen LogP contribution in [0.1, 0.15) is 46.5 Å². The van der Waals surface area contributed by atoms with Gasteiger partial charge in [-0.05, 0) is 52.5 Å². The number of nitro groups is 1. The highest BCUT2D eigenvalue weighted by Crippen LogP contribution is 2.39.